The van der Waals surface area contributed by atoms with Crippen molar-refractivity contribution in [1.82, 2.24) is 15.1 Å². The molecule has 25 heavy (non-hydrogen) atoms. The van der Waals surface area contributed by atoms with Crippen LogP contribution in [-0.4, -0.2) is 79.2 Å². The summed E-state index contributed by atoms with van der Waals surface area (Å²) in [5.41, 5.74) is 0. The van der Waals surface area contributed by atoms with E-state index >= 15 is 0 Å². The third-order valence-corrected chi connectivity index (χ3v) is 4.70. The third kappa shape index (κ3) is 5.88. The van der Waals surface area contributed by atoms with E-state index in [2.05, 4.69) is 5.32 Å². The van der Waals surface area contributed by atoms with Crippen molar-refractivity contribution in [2.75, 3.05) is 39.4 Å². The number of hydrogen-bond acceptors (Lipinski definition) is 5. The number of carbonyl (C=O) groups excluding carboxylic acids is 3. The number of hydrogen-bond donors (Lipinski definition) is 1. The van der Waals surface area contributed by atoms with Gasteiger partial charge in [0.2, 0.25) is 11.8 Å². The summed E-state index contributed by atoms with van der Waals surface area (Å²) in [6, 6.07) is -0.0309. The van der Waals surface area contributed by atoms with Gasteiger partial charge in [-0.25, -0.2) is 4.79 Å². The molecule has 8 heteroatoms. The first-order chi connectivity index (χ1) is 12.0. The van der Waals surface area contributed by atoms with Gasteiger partial charge in [-0.1, -0.05) is 0 Å². The first kappa shape index (κ1) is 19.5. The molecule has 0 aromatic carbocycles. The lowest BCUT2D eigenvalue weighted by Crippen LogP contribution is -2.51. The summed E-state index contributed by atoms with van der Waals surface area (Å²) in [6.07, 6.45) is 3.06. The van der Waals surface area contributed by atoms with Crippen LogP contribution in [0.3, 0.4) is 0 Å². The zero-order valence-electron chi connectivity index (χ0n) is 15.2. The van der Waals surface area contributed by atoms with Crippen LogP contribution >= 0.6 is 0 Å². The van der Waals surface area contributed by atoms with Crippen LogP contribution in [0, 0.1) is 0 Å². The van der Waals surface area contributed by atoms with E-state index in [0.29, 0.717) is 39.1 Å². The molecule has 2 aliphatic heterocycles. The maximum absolute atomic E-state index is 12.2. The second-order valence-electron chi connectivity index (χ2n) is 6.50. The number of rotatable bonds is 6. The zero-order chi connectivity index (χ0) is 18.2. The number of likely N-dealkylation sites (tertiary alicyclic amines) is 1. The van der Waals surface area contributed by atoms with Gasteiger partial charge in [0.25, 0.3) is 0 Å². The highest BCUT2D eigenvalue weighted by molar-refractivity contribution is 5.84. The summed E-state index contributed by atoms with van der Waals surface area (Å²) in [4.78, 5) is 39.1. The van der Waals surface area contributed by atoms with Gasteiger partial charge in [-0.05, 0) is 32.6 Å². The fourth-order valence-corrected chi connectivity index (χ4v) is 3.32. The topological polar surface area (TPSA) is 88.2 Å². The molecular weight excluding hydrogens is 326 g/mol. The first-order valence-electron chi connectivity index (χ1n) is 9.08. The second-order valence-corrected chi connectivity index (χ2v) is 6.50. The van der Waals surface area contributed by atoms with E-state index in [-0.39, 0.29) is 36.6 Å². The molecule has 1 unspecified atom stereocenters. The van der Waals surface area contributed by atoms with E-state index in [1.807, 2.05) is 0 Å². The van der Waals surface area contributed by atoms with E-state index in [4.69, 9.17) is 9.47 Å². The zero-order valence-corrected chi connectivity index (χ0v) is 15.2. The molecule has 0 spiro atoms. The Morgan fingerprint density at radius 2 is 1.96 bits per heavy atom. The Hall–Kier alpha value is -1.83. The van der Waals surface area contributed by atoms with Crippen molar-refractivity contribution in [3.8, 4) is 0 Å². The van der Waals surface area contributed by atoms with E-state index < -0.39 is 0 Å². The van der Waals surface area contributed by atoms with E-state index in [9.17, 15) is 14.4 Å². The molecule has 1 atom stereocenters. The summed E-state index contributed by atoms with van der Waals surface area (Å²) in [6.45, 7) is 5.96. The first-order valence-corrected chi connectivity index (χ1v) is 9.08. The molecule has 0 bridgehead atoms. The minimum atomic E-state index is -0.315. The Morgan fingerprint density at radius 1 is 1.24 bits per heavy atom. The molecule has 2 aliphatic rings. The van der Waals surface area contributed by atoms with Gasteiger partial charge < -0.3 is 24.6 Å². The maximum Gasteiger partial charge on any atom is 0.409 e. The molecule has 2 fully saturated rings. The van der Waals surface area contributed by atoms with Crippen molar-refractivity contribution in [1.29, 1.82) is 0 Å². The van der Waals surface area contributed by atoms with Crippen molar-refractivity contribution in [3.05, 3.63) is 0 Å². The van der Waals surface area contributed by atoms with Gasteiger partial charge in [0.05, 0.1) is 19.3 Å². The lowest BCUT2D eigenvalue weighted by Gasteiger charge is -2.37. The number of piperidine rings is 1. The molecule has 142 valence electrons. The van der Waals surface area contributed by atoms with Gasteiger partial charge in [-0.2, -0.15) is 0 Å². The molecule has 0 aliphatic carbocycles. The molecule has 0 aromatic rings. The SMILES string of the molecule is CCOC(=O)N1CCC(N(CC(=O)NCC2CCCO2)C(C)=O)CC1. The van der Waals surface area contributed by atoms with Gasteiger partial charge in [0.15, 0.2) is 0 Å². The highest BCUT2D eigenvalue weighted by atomic mass is 16.6. The Balaban J connectivity index is 1.79. The second kappa shape index (κ2) is 9.60. The molecule has 0 saturated carbocycles. The maximum atomic E-state index is 12.2. The van der Waals surface area contributed by atoms with Gasteiger partial charge in [-0.3, -0.25) is 9.59 Å². The third-order valence-electron chi connectivity index (χ3n) is 4.70. The number of ether oxygens (including phenoxy) is 2. The summed E-state index contributed by atoms with van der Waals surface area (Å²) in [7, 11) is 0. The largest absolute Gasteiger partial charge is 0.450 e. The van der Waals surface area contributed by atoms with Crippen molar-refractivity contribution in [3.63, 3.8) is 0 Å². The molecule has 3 amide bonds. The monoisotopic (exact) mass is 355 g/mol. The van der Waals surface area contributed by atoms with Crippen LogP contribution in [-0.2, 0) is 19.1 Å². The predicted molar refractivity (Wildman–Crippen MR) is 91.0 cm³/mol. The molecular formula is C17H29N3O5. The number of nitrogens with one attached hydrogen (secondary N) is 1. The molecule has 1 N–H and O–H groups in total. The van der Waals surface area contributed by atoms with E-state index in [1.54, 1.807) is 16.7 Å². The van der Waals surface area contributed by atoms with Crippen molar-refractivity contribution in [2.24, 2.45) is 0 Å². The Labute approximate surface area is 148 Å². The quantitative estimate of drug-likeness (QED) is 0.760. The van der Waals surface area contributed by atoms with Gasteiger partial charge in [0, 0.05) is 39.2 Å². The number of carbonyl (C=O) groups is 3. The lowest BCUT2D eigenvalue weighted by molar-refractivity contribution is -0.137. The predicted octanol–water partition coefficient (Wildman–Crippen LogP) is 0.751. The average Bonchev–Trinajstić information content (AvgIpc) is 3.11. The molecule has 2 rings (SSSR count). The smallest absolute Gasteiger partial charge is 0.409 e. The lowest BCUT2D eigenvalue weighted by atomic mass is 10.0. The van der Waals surface area contributed by atoms with E-state index in [0.717, 1.165) is 19.4 Å². The van der Waals surface area contributed by atoms with Crippen molar-refractivity contribution < 1.29 is 23.9 Å². The van der Waals surface area contributed by atoms with Crippen LogP contribution in [0.25, 0.3) is 0 Å². The minimum absolute atomic E-state index is 0.0309. The molecule has 2 saturated heterocycles. The number of nitrogens with zero attached hydrogens (tertiary/aromatic N) is 2. The Kier molecular flexibility index (Phi) is 7.49. The summed E-state index contributed by atoms with van der Waals surface area (Å²) >= 11 is 0. The highest BCUT2D eigenvalue weighted by Gasteiger charge is 2.30. The van der Waals surface area contributed by atoms with Crippen molar-refractivity contribution in [2.45, 2.75) is 51.7 Å². The molecule has 0 radical (unpaired) electrons. The minimum Gasteiger partial charge on any atom is -0.450 e. The molecule has 8 nitrogen and oxygen atoms in total. The standard InChI is InChI=1S/C17H29N3O5/c1-3-24-17(23)19-8-6-14(7-9-19)20(13(2)21)12-16(22)18-11-15-5-4-10-25-15/h14-15H,3-12H2,1-2H3,(H,18,22). The van der Waals surface area contributed by atoms with Gasteiger partial charge in [-0.15, -0.1) is 0 Å². The fourth-order valence-electron chi connectivity index (χ4n) is 3.32. The van der Waals surface area contributed by atoms with Crippen LogP contribution in [0.2, 0.25) is 0 Å². The van der Waals surface area contributed by atoms with E-state index in [1.165, 1.54) is 6.92 Å². The molecule has 0 aromatic heterocycles. The Morgan fingerprint density at radius 3 is 2.52 bits per heavy atom. The summed E-state index contributed by atoms with van der Waals surface area (Å²) < 4.78 is 10.5. The van der Waals surface area contributed by atoms with Crippen LogP contribution in [0.15, 0.2) is 0 Å². The van der Waals surface area contributed by atoms with Crippen LogP contribution in [0.4, 0.5) is 4.79 Å². The van der Waals surface area contributed by atoms with Gasteiger partial charge >= 0.3 is 6.09 Å². The average molecular weight is 355 g/mol. The number of amides is 3. The Bertz CT molecular complexity index is 471. The van der Waals surface area contributed by atoms with Crippen molar-refractivity contribution >= 4 is 17.9 Å². The van der Waals surface area contributed by atoms with Crippen LogP contribution in [0.5, 0.6) is 0 Å². The van der Waals surface area contributed by atoms with Gasteiger partial charge in [0.1, 0.15) is 0 Å². The van der Waals surface area contributed by atoms with Crippen LogP contribution < -0.4 is 5.32 Å². The molecule has 2 heterocycles. The summed E-state index contributed by atoms with van der Waals surface area (Å²) in [5, 5.41) is 2.85. The van der Waals surface area contributed by atoms with Crippen LogP contribution in [0.1, 0.15) is 39.5 Å². The normalized spacial score (nSPS) is 21.0. The fraction of sp³-hybridized carbons (Fsp3) is 0.824. The highest BCUT2D eigenvalue weighted by Crippen LogP contribution is 2.17. The summed E-state index contributed by atoms with van der Waals surface area (Å²) in [5.74, 6) is -0.291.